The molecule has 0 aliphatic carbocycles. The second-order valence-corrected chi connectivity index (χ2v) is 2.03. The van der Waals surface area contributed by atoms with E-state index in [0.717, 1.165) is 5.75 Å². The minimum absolute atomic E-state index is 0.213. The number of rotatable bonds is 0. The maximum atomic E-state index is 8.58. The molecule has 0 amide bonds. The number of aliphatic hydroxyl groups excluding tert-OH is 1. The Morgan fingerprint density at radius 2 is 2.25 bits per heavy atom. The van der Waals surface area contributed by atoms with Crippen LogP contribution in [-0.4, -0.2) is 23.6 Å². The van der Waals surface area contributed by atoms with Crippen molar-refractivity contribution in [3.05, 3.63) is 0 Å². The highest BCUT2D eigenvalue weighted by Gasteiger charge is 2.11. The van der Waals surface area contributed by atoms with Crippen LogP contribution in [0.1, 0.15) is 13.8 Å². The monoisotopic (exact) mass is 136 g/mol. The average Bonchev–Trinajstić information content (AvgIpc) is 2.24. The van der Waals surface area contributed by atoms with E-state index in [2.05, 4.69) is 0 Å². The van der Waals surface area contributed by atoms with Crippen molar-refractivity contribution >= 4 is 12.0 Å². The first-order chi connectivity index (χ1) is 3.89. The van der Waals surface area contributed by atoms with Crippen molar-refractivity contribution in [1.29, 1.82) is 0 Å². The fraction of sp³-hybridized carbons (Fsp3) is 1.00. The van der Waals surface area contributed by atoms with Crippen molar-refractivity contribution in [3.63, 3.8) is 0 Å². The summed E-state index contributed by atoms with van der Waals surface area (Å²) in [4.78, 5) is 0. The summed E-state index contributed by atoms with van der Waals surface area (Å²) in [6.07, 6.45) is -0.213. The van der Waals surface area contributed by atoms with E-state index in [0.29, 0.717) is 6.61 Å². The molecule has 0 aromatic heterocycles. The second-order valence-electron chi connectivity index (χ2n) is 1.22. The first kappa shape index (κ1) is 8.27. The second kappa shape index (κ2) is 5.41. The highest BCUT2D eigenvalue weighted by atomic mass is 32.2. The molecule has 0 radical (unpaired) electrons. The van der Waals surface area contributed by atoms with Crippen molar-refractivity contribution in [1.82, 2.24) is 0 Å². The fourth-order valence-corrected chi connectivity index (χ4v) is 0.904. The highest BCUT2D eigenvalue weighted by Crippen LogP contribution is 2.13. The molecule has 2 nitrogen and oxygen atoms in total. The maximum Gasteiger partial charge on any atom is 0.0898 e. The van der Waals surface area contributed by atoms with Crippen LogP contribution in [0.4, 0.5) is 0 Å². The Kier molecular flexibility index (Phi) is 5.59. The van der Waals surface area contributed by atoms with Gasteiger partial charge in [0, 0.05) is 5.75 Å². The lowest BCUT2D eigenvalue weighted by atomic mass is 10.5. The van der Waals surface area contributed by atoms with E-state index in [1.54, 1.807) is 0 Å². The lowest BCUT2D eigenvalue weighted by molar-refractivity contribution is 0.160. The largest absolute Gasteiger partial charge is 0.390 e. The zero-order valence-corrected chi connectivity index (χ0v) is 6.07. The van der Waals surface area contributed by atoms with E-state index in [1.165, 1.54) is 12.0 Å². The molecule has 1 heterocycles. The quantitative estimate of drug-likeness (QED) is 0.505. The zero-order chi connectivity index (χ0) is 6.41. The van der Waals surface area contributed by atoms with Crippen molar-refractivity contribution in [2.45, 2.75) is 20.0 Å². The van der Waals surface area contributed by atoms with Gasteiger partial charge in [-0.25, -0.2) is 0 Å². The van der Waals surface area contributed by atoms with E-state index < -0.39 is 0 Å². The minimum atomic E-state index is -0.213. The van der Waals surface area contributed by atoms with Gasteiger partial charge >= 0.3 is 0 Å². The highest BCUT2D eigenvalue weighted by molar-refractivity contribution is 7.94. The summed E-state index contributed by atoms with van der Waals surface area (Å²) < 4.78 is 4.72. The van der Waals surface area contributed by atoms with Gasteiger partial charge in [0.1, 0.15) is 0 Å². The first-order valence-electron chi connectivity index (χ1n) is 2.82. The van der Waals surface area contributed by atoms with Crippen LogP contribution in [-0.2, 0) is 4.18 Å². The molecule has 1 aliphatic rings. The van der Waals surface area contributed by atoms with Gasteiger partial charge in [0.25, 0.3) is 0 Å². The van der Waals surface area contributed by atoms with Crippen LogP contribution >= 0.6 is 12.0 Å². The zero-order valence-electron chi connectivity index (χ0n) is 5.26. The van der Waals surface area contributed by atoms with Gasteiger partial charge in [-0.3, -0.25) is 0 Å². The Labute approximate surface area is 54.4 Å². The molecular formula is C5H12O2S. The molecule has 0 saturated carbocycles. The first-order valence-corrected chi connectivity index (χ1v) is 3.73. The Hall–Kier alpha value is 0.270. The summed E-state index contributed by atoms with van der Waals surface area (Å²) in [6, 6.07) is 0. The molecule has 1 unspecified atom stereocenters. The molecule has 1 fully saturated rings. The Bertz CT molecular complexity index is 43.7. The van der Waals surface area contributed by atoms with Crippen LogP contribution in [0.3, 0.4) is 0 Å². The van der Waals surface area contributed by atoms with Crippen LogP contribution in [0, 0.1) is 0 Å². The SMILES string of the molecule is CC.OC1COSC1. The molecule has 50 valence electrons. The summed E-state index contributed by atoms with van der Waals surface area (Å²) >= 11 is 1.33. The Morgan fingerprint density at radius 3 is 2.38 bits per heavy atom. The summed E-state index contributed by atoms with van der Waals surface area (Å²) in [7, 11) is 0. The third-order valence-corrected chi connectivity index (χ3v) is 1.43. The summed E-state index contributed by atoms with van der Waals surface area (Å²) in [5.74, 6) is 0.736. The molecule has 8 heavy (non-hydrogen) atoms. The fourth-order valence-electron chi connectivity index (χ4n) is 0.301. The summed E-state index contributed by atoms with van der Waals surface area (Å²) in [6.45, 7) is 4.50. The average molecular weight is 136 g/mol. The third kappa shape index (κ3) is 3.29. The van der Waals surface area contributed by atoms with Crippen LogP contribution in [0.2, 0.25) is 0 Å². The summed E-state index contributed by atoms with van der Waals surface area (Å²) in [5, 5.41) is 8.58. The van der Waals surface area contributed by atoms with E-state index in [4.69, 9.17) is 9.29 Å². The van der Waals surface area contributed by atoms with Gasteiger partial charge in [-0.15, -0.1) is 0 Å². The molecule has 3 heteroatoms. The molecule has 0 aromatic rings. The van der Waals surface area contributed by atoms with Crippen LogP contribution in [0.5, 0.6) is 0 Å². The Morgan fingerprint density at radius 1 is 1.62 bits per heavy atom. The van der Waals surface area contributed by atoms with Gasteiger partial charge < -0.3 is 9.29 Å². The molecular weight excluding hydrogens is 124 g/mol. The molecule has 0 aromatic carbocycles. The van der Waals surface area contributed by atoms with Crippen molar-refractivity contribution in [3.8, 4) is 0 Å². The maximum absolute atomic E-state index is 8.58. The third-order valence-electron chi connectivity index (χ3n) is 0.604. The standard InChI is InChI=1S/C3H6O2S.C2H6/c4-3-1-5-6-2-3;1-2/h3-4H,1-2H2;1-2H3. The predicted molar refractivity (Wildman–Crippen MR) is 35.8 cm³/mol. The molecule has 1 N–H and O–H groups in total. The number of hydrogen-bond donors (Lipinski definition) is 1. The molecule has 0 spiro atoms. The number of hydrogen-bond acceptors (Lipinski definition) is 3. The van der Waals surface area contributed by atoms with Gasteiger partial charge in [-0.05, 0) is 12.0 Å². The lowest BCUT2D eigenvalue weighted by Crippen LogP contribution is -2.06. The molecule has 1 rings (SSSR count). The van der Waals surface area contributed by atoms with Crippen molar-refractivity contribution in [2.75, 3.05) is 12.4 Å². The molecule has 1 atom stereocenters. The lowest BCUT2D eigenvalue weighted by Gasteiger charge is -1.87. The molecule has 1 aliphatic heterocycles. The van der Waals surface area contributed by atoms with Gasteiger partial charge in [0.05, 0.1) is 12.7 Å². The topological polar surface area (TPSA) is 29.5 Å². The minimum Gasteiger partial charge on any atom is -0.390 e. The van der Waals surface area contributed by atoms with Gasteiger partial charge in [0.15, 0.2) is 0 Å². The Balaban J connectivity index is 0.000000222. The van der Waals surface area contributed by atoms with Crippen LogP contribution in [0.25, 0.3) is 0 Å². The smallest absolute Gasteiger partial charge is 0.0898 e. The molecule has 0 bridgehead atoms. The van der Waals surface area contributed by atoms with Gasteiger partial charge in [-0.2, -0.15) is 0 Å². The van der Waals surface area contributed by atoms with E-state index in [-0.39, 0.29) is 6.10 Å². The molecule has 1 saturated heterocycles. The normalized spacial score (nSPS) is 26.6. The van der Waals surface area contributed by atoms with Gasteiger partial charge in [-0.1, -0.05) is 13.8 Å². The predicted octanol–water partition coefficient (Wildman–Crippen LogP) is 1.05. The van der Waals surface area contributed by atoms with E-state index >= 15 is 0 Å². The van der Waals surface area contributed by atoms with Crippen LogP contribution in [0.15, 0.2) is 0 Å². The van der Waals surface area contributed by atoms with E-state index in [1.807, 2.05) is 13.8 Å². The summed E-state index contributed by atoms with van der Waals surface area (Å²) in [5.41, 5.74) is 0. The number of aliphatic hydroxyl groups is 1. The van der Waals surface area contributed by atoms with Crippen LogP contribution < -0.4 is 0 Å². The van der Waals surface area contributed by atoms with Crippen molar-refractivity contribution in [2.24, 2.45) is 0 Å². The van der Waals surface area contributed by atoms with E-state index in [9.17, 15) is 0 Å². The van der Waals surface area contributed by atoms with Crippen molar-refractivity contribution < 1.29 is 9.29 Å². The van der Waals surface area contributed by atoms with Gasteiger partial charge in [0.2, 0.25) is 0 Å².